The minimum absolute atomic E-state index is 0.146. The Kier molecular flexibility index (Phi) is 61.5. The van der Waals surface area contributed by atoms with Gasteiger partial charge in [0.1, 0.15) is 24.4 Å². The van der Waals surface area contributed by atoms with Gasteiger partial charge in [0.15, 0.2) is 6.29 Å². The van der Waals surface area contributed by atoms with Crippen molar-refractivity contribution in [2.45, 2.75) is 352 Å². The van der Waals surface area contributed by atoms with Crippen LogP contribution in [0.2, 0.25) is 0 Å². The number of hydrogen-bond acceptors (Lipinski definition) is 8. The molecule has 7 atom stereocenters. The summed E-state index contributed by atoms with van der Waals surface area (Å²) < 4.78 is 11.4. The zero-order chi connectivity index (χ0) is 62.8. The molecule has 6 N–H and O–H groups in total. The van der Waals surface area contributed by atoms with Crippen LogP contribution in [0.4, 0.5) is 0 Å². The van der Waals surface area contributed by atoms with Crippen molar-refractivity contribution in [2.24, 2.45) is 0 Å². The topological polar surface area (TPSA) is 149 Å². The molecule has 87 heavy (non-hydrogen) atoms. The van der Waals surface area contributed by atoms with Gasteiger partial charge in [-0.3, -0.25) is 4.79 Å². The van der Waals surface area contributed by atoms with E-state index in [4.69, 9.17) is 9.47 Å². The third-order valence-corrected chi connectivity index (χ3v) is 16.6. The standard InChI is InChI=1S/C78H135NO8/c1-3-5-7-9-11-13-15-17-19-21-23-25-27-29-30-31-32-33-34-35-36-37-38-39-40-41-42-44-46-48-50-52-54-56-58-60-62-64-66-68-74(82)79-71(70-86-78-77(85)76(84)75(83)73(69-80)87-78)72(81)67-65-63-61-59-57-55-53-51-49-47-45-43-28-26-24-22-20-18-16-14-12-10-8-6-4-2/h5,7,11,13,17,19,23,25,29-30,32-33,35-36,38-39,41-42,46,48,71-73,75-78,80-81,83-85H,3-4,6,8-10,12,14-16,18,20-22,24,26-28,31,34,37,40,43-45,47,49-70H2,1-2H3,(H,79,82)/b7-5-,13-11-,19-17-,25-23-,30-29-,33-32-,36-35-,39-38-,42-41-,48-46-. The average molecular weight is 1210 g/mol. The van der Waals surface area contributed by atoms with Crippen LogP contribution in [0.5, 0.6) is 0 Å². The van der Waals surface area contributed by atoms with E-state index in [1.807, 2.05) is 0 Å². The monoisotopic (exact) mass is 1210 g/mol. The fourth-order valence-corrected chi connectivity index (χ4v) is 11.0. The first-order valence-corrected chi connectivity index (χ1v) is 36.2. The third kappa shape index (κ3) is 54.1. The van der Waals surface area contributed by atoms with Crippen LogP contribution in [-0.4, -0.2) is 87.5 Å². The molecule has 1 aliphatic heterocycles. The summed E-state index contributed by atoms with van der Waals surface area (Å²) in [5, 5.41) is 55.0. The summed E-state index contributed by atoms with van der Waals surface area (Å²) in [7, 11) is 0. The first kappa shape index (κ1) is 81.6. The number of unbranched alkanes of at least 4 members (excludes halogenated alkanes) is 32. The SMILES string of the molecule is CC/C=C\C/C=C\C/C=C\C/C=C\C/C=C\C/C=C\C/C=C\C/C=C\C/C=C\C/C=C\CCCCCCCCCCC(=O)NC(COC1OC(CO)C(O)C(O)C1O)C(O)CCCCCCCCCCCCCCCCCCCCCCCCCCC. The second-order valence-electron chi connectivity index (χ2n) is 24.7. The lowest BCUT2D eigenvalue weighted by Crippen LogP contribution is -2.60. The van der Waals surface area contributed by atoms with Crippen LogP contribution < -0.4 is 5.32 Å². The normalized spacial score (nSPS) is 18.7. The minimum Gasteiger partial charge on any atom is -0.394 e. The summed E-state index contributed by atoms with van der Waals surface area (Å²) in [6, 6.07) is -0.734. The van der Waals surface area contributed by atoms with Gasteiger partial charge in [0.05, 0.1) is 25.4 Å². The lowest BCUT2D eigenvalue weighted by Gasteiger charge is -2.40. The molecule has 0 spiro atoms. The zero-order valence-electron chi connectivity index (χ0n) is 56.0. The number of aliphatic hydroxyl groups excluding tert-OH is 5. The molecule has 0 aromatic carbocycles. The van der Waals surface area contributed by atoms with Crippen LogP contribution in [0.3, 0.4) is 0 Å². The van der Waals surface area contributed by atoms with E-state index in [-0.39, 0.29) is 12.5 Å². The van der Waals surface area contributed by atoms with Crippen molar-refractivity contribution in [2.75, 3.05) is 13.2 Å². The number of hydrogen-bond donors (Lipinski definition) is 6. The lowest BCUT2D eigenvalue weighted by molar-refractivity contribution is -0.302. The van der Waals surface area contributed by atoms with Gasteiger partial charge in [0.25, 0.3) is 0 Å². The van der Waals surface area contributed by atoms with Crippen molar-refractivity contribution < 1.29 is 39.8 Å². The number of carbonyl (C=O) groups excluding carboxylic acids is 1. The molecule has 9 heteroatoms. The molecule has 0 aromatic heterocycles. The van der Waals surface area contributed by atoms with Gasteiger partial charge in [-0.2, -0.15) is 0 Å². The van der Waals surface area contributed by atoms with Gasteiger partial charge in [0, 0.05) is 6.42 Å². The molecule has 1 amide bonds. The molecule has 0 bridgehead atoms. The van der Waals surface area contributed by atoms with Crippen LogP contribution in [0.25, 0.3) is 0 Å². The maximum Gasteiger partial charge on any atom is 0.220 e. The molecule has 1 saturated heterocycles. The van der Waals surface area contributed by atoms with Crippen molar-refractivity contribution in [1.29, 1.82) is 0 Å². The molecule has 0 aromatic rings. The van der Waals surface area contributed by atoms with E-state index >= 15 is 0 Å². The maximum absolute atomic E-state index is 13.2. The molecule has 0 saturated carbocycles. The van der Waals surface area contributed by atoms with Gasteiger partial charge in [-0.15, -0.1) is 0 Å². The molecule has 1 heterocycles. The fraction of sp³-hybridized carbons (Fsp3) is 0.731. The van der Waals surface area contributed by atoms with Gasteiger partial charge in [-0.05, 0) is 89.9 Å². The molecular formula is C78H135NO8. The highest BCUT2D eigenvalue weighted by molar-refractivity contribution is 5.76. The van der Waals surface area contributed by atoms with E-state index in [0.29, 0.717) is 12.8 Å². The summed E-state index contributed by atoms with van der Waals surface area (Å²) in [5.74, 6) is -0.154. The summed E-state index contributed by atoms with van der Waals surface area (Å²) in [6.07, 6.45) is 91.1. The summed E-state index contributed by atoms with van der Waals surface area (Å²) in [6.45, 7) is 3.75. The number of aliphatic hydroxyl groups is 5. The Labute approximate surface area is 535 Å². The Morgan fingerprint density at radius 2 is 0.713 bits per heavy atom. The molecule has 0 aliphatic carbocycles. The van der Waals surface area contributed by atoms with E-state index in [0.717, 1.165) is 116 Å². The Morgan fingerprint density at radius 3 is 1.06 bits per heavy atom. The molecule has 500 valence electrons. The van der Waals surface area contributed by atoms with E-state index in [1.165, 1.54) is 167 Å². The van der Waals surface area contributed by atoms with Crippen molar-refractivity contribution in [3.8, 4) is 0 Å². The van der Waals surface area contributed by atoms with Gasteiger partial charge in [0.2, 0.25) is 5.91 Å². The Balaban J connectivity index is 2.14. The summed E-state index contributed by atoms with van der Waals surface area (Å²) in [5.41, 5.74) is 0. The number of rotatable bonds is 62. The first-order valence-electron chi connectivity index (χ1n) is 36.2. The molecule has 9 nitrogen and oxygen atoms in total. The van der Waals surface area contributed by atoms with Crippen LogP contribution in [0.15, 0.2) is 122 Å². The molecule has 0 radical (unpaired) electrons. The highest BCUT2D eigenvalue weighted by Gasteiger charge is 2.44. The number of nitrogens with one attached hydrogen (secondary N) is 1. The highest BCUT2D eigenvalue weighted by atomic mass is 16.7. The van der Waals surface area contributed by atoms with E-state index in [2.05, 4.69) is 141 Å². The predicted octanol–water partition coefficient (Wildman–Crippen LogP) is 20.2. The van der Waals surface area contributed by atoms with Crippen molar-refractivity contribution in [3.05, 3.63) is 122 Å². The van der Waals surface area contributed by atoms with Crippen molar-refractivity contribution in [1.82, 2.24) is 5.32 Å². The highest BCUT2D eigenvalue weighted by Crippen LogP contribution is 2.24. The molecule has 1 fully saturated rings. The molecule has 7 unspecified atom stereocenters. The quantitative estimate of drug-likeness (QED) is 0.0261. The van der Waals surface area contributed by atoms with Gasteiger partial charge >= 0.3 is 0 Å². The van der Waals surface area contributed by atoms with Gasteiger partial charge in [-0.1, -0.05) is 334 Å². The Hall–Kier alpha value is -3.41. The maximum atomic E-state index is 13.2. The van der Waals surface area contributed by atoms with Gasteiger partial charge in [-0.25, -0.2) is 0 Å². The third-order valence-electron chi connectivity index (χ3n) is 16.6. The Bertz CT molecular complexity index is 1790. The minimum atomic E-state index is -1.56. The zero-order valence-corrected chi connectivity index (χ0v) is 56.0. The van der Waals surface area contributed by atoms with Crippen LogP contribution >= 0.6 is 0 Å². The summed E-state index contributed by atoms with van der Waals surface area (Å²) in [4.78, 5) is 13.2. The van der Waals surface area contributed by atoms with E-state index in [9.17, 15) is 30.3 Å². The van der Waals surface area contributed by atoms with Crippen molar-refractivity contribution in [3.63, 3.8) is 0 Å². The van der Waals surface area contributed by atoms with Crippen LogP contribution in [0, 0.1) is 0 Å². The number of allylic oxidation sites excluding steroid dienone is 20. The fourth-order valence-electron chi connectivity index (χ4n) is 11.0. The van der Waals surface area contributed by atoms with E-state index < -0.39 is 49.5 Å². The molecular weight excluding hydrogens is 1080 g/mol. The largest absolute Gasteiger partial charge is 0.394 e. The summed E-state index contributed by atoms with van der Waals surface area (Å²) >= 11 is 0. The predicted molar refractivity (Wildman–Crippen MR) is 373 cm³/mol. The molecule has 1 rings (SSSR count). The first-order chi connectivity index (χ1) is 42.8. The Morgan fingerprint density at radius 1 is 0.402 bits per heavy atom. The van der Waals surface area contributed by atoms with E-state index in [1.54, 1.807) is 0 Å². The number of carbonyl (C=O) groups is 1. The molecule has 1 aliphatic rings. The smallest absolute Gasteiger partial charge is 0.220 e. The van der Waals surface area contributed by atoms with Gasteiger partial charge < -0.3 is 40.3 Å². The van der Waals surface area contributed by atoms with Crippen LogP contribution in [-0.2, 0) is 14.3 Å². The second kappa shape index (κ2) is 65.5. The lowest BCUT2D eigenvalue weighted by atomic mass is 9.99. The van der Waals surface area contributed by atoms with Crippen LogP contribution in [0.1, 0.15) is 309 Å². The second-order valence-corrected chi connectivity index (χ2v) is 24.7. The van der Waals surface area contributed by atoms with Crippen molar-refractivity contribution >= 4 is 5.91 Å². The average Bonchev–Trinajstić information content (AvgIpc) is 3.38. The number of ether oxygens (including phenoxy) is 2. The number of amides is 1.